The topological polar surface area (TPSA) is 47.9 Å². The molecule has 74 valence electrons. The molecule has 0 aromatic rings. The van der Waals surface area contributed by atoms with Crippen LogP contribution in [0.1, 0.15) is 25.7 Å². The fourth-order valence-corrected chi connectivity index (χ4v) is 2.19. The van der Waals surface area contributed by atoms with E-state index < -0.39 is 0 Å². The zero-order valence-corrected chi connectivity index (χ0v) is 7.70. The molecule has 4 nitrogen and oxygen atoms in total. The lowest BCUT2D eigenvalue weighted by Gasteiger charge is -2.34. The van der Waals surface area contributed by atoms with Crippen LogP contribution in [0.4, 0.5) is 0 Å². The van der Waals surface area contributed by atoms with E-state index in [0.29, 0.717) is 12.5 Å². The van der Waals surface area contributed by atoms with Crippen LogP contribution in [0.5, 0.6) is 0 Å². The van der Waals surface area contributed by atoms with Crippen molar-refractivity contribution in [2.24, 2.45) is 11.1 Å². The van der Waals surface area contributed by atoms with Gasteiger partial charge in [-0.1, -0.05) is 5.18 Å². The predicted molar refractivity (Wildman–Crippen MR) is 47.3 cm³/mol. The van der Waals surface area contributed by atoms with E-state index in [4.69, 9.17) is 9.47 Å². The number of nitrogens with zero attached hydrogens (tertiary/aromatic N) is 1. The molecule has 2 rings (SSSR count). The Morgan fingerprint density at radius 2 is 1.85 bits per heavy atom. The van der Waals surface area contributed by atoms with Crippen molar-refractivity contribution in [1.29, 1.82) is 0 Å². The maximum Gasteiger partial charge on any atom is 0.168 e. The van der Waals surface area contributed by atoms with Gasteiger partial charge in [0.1, 0.15) is 0 Å². The minimum Gasteiger partial charge on any atom is -0.348 e. The first-order valence-corrected chi connectivity index (χ1v) is 4.92. The first-order chi connectivity index (χ1) is 6.35. The van der Waals surface area contributed by atoms with E-state index in [0.717, 1.165) is 38.9 Å². The van der Waals surface area contributed by atoms with Crippen LogP contribution >= 0.6 is 0 Å². The van der Waals surface area contributed by atoms with Crippen LogP contribution in [0.2, 0.25) is 0 Å². The fraction of sp³-hybridized carbons (Fsp3) is 1.00. The SMILES string of the molecule is O=NCC1CCC2(CC1)OCCO2. The molecule has 0 bridgehead atoms. The van der Waals surface area contributed by atoms with E-state index in [1.807, 2.05) is 0 Å². The first-order valence-electron chi connectivity index (χ1n) is 4.92. The monoisotopic (exact) mass is 185 g/mol. The Morgan fingerprint density at radius 3 is 2.38 bits per heavy atom. The van der Waals surface area contributed by atoms with Crippen molar-refractivity contribution in [3.8, 4) is 0 Å². The number of hydrogen-bond donors (Lipinski definition) is 0. The Kier molecular flexibility index (Phi) is 2.60. The van der Waals surface area contributed by atoms with Crippen LogP contribution in [-0.2, 0) is 9.47 Å². The minimum atomic E-state index is -0.292. The van der Waals surface area contributed by atoms with Crippen molar-refractivity contribution in [3.63, 3.8) is 0 Å². The molecule has 1 aliphatic carbocycles. The molecule has 2 aliphatic rings. The van der Waals surface area contributed by atoms with E-state index in [9.17, 15) is 4.91 Å². The highest BCUT2D eigenvalue weighted by Gasteiger charge is 2.40. The van der Waals surface area contributed by atoms with Gasteiger partial charge in [-0.05, 0) is 18.8 Å². The van der Waals surface area contributed by atoms with Crippen molar-refractivity contribution < 1.29 is 9.47 Å². The molecule has 0 N–H and O–H groups in total. The zero-order chi connectivity index (χ0) is 9.15. The van der Waals surface area contributed by atoms with Gasteiger partial charge in [0.05, 0.1) is 19.8 Å². The van der Waals surface area contributed by atoms with Gasteiger partial charge in [-0.2, -0.15) is 4.91 Å². The van der Waals surface area contributed by atoms with E-state index in [-0.39, 0.29) is 5.79 Å². The first kappa shape index (κ1) is 9.09. The average molecular weight is 185 g/mol. The molecule has 0 unspecified atom stereocenters. The molecule has 4 heteroatoms. The third-order valence-corrected chi connectivity index (χ3v) is 3.01. The summed E-state index contributed by atoms with van der Waals surface area (Å²) >= 11 is 0. The summed E-state index contributed by atoms with van der Waals surface area (Å²) in [6, 6.07) is 0. The Morgan fingerprint density at radius 1 is 1.23 bits per heavy atom. The molecular weight excluding hydrogens is 170 g/mol. The molecule has 1 heterocycles. The summed E-state index contributed by atoms with van der Waals surface area (Å²) < 4.78 is 11.2. The Labute approximate surface area is 77.6 Å². The Balaban J connectivity index is 1.84. The fourth-order valence-electron chi connectivity index (χ4n) is 2.19. The average Bonchev–Trinajstić information content (AvgIpc) is 2.59. The van der Waals surface area contributed by atoms with Gasteiger partial charge < -0.3 is 9.47 Å². The summed E-state index contributed by atoms with van der Waals surface area (Å²) in [5, 5.41) is 2.94. The molecule has 1 saturated heterocycles. The molecule has 0 aromatic heterocycles. The zero-order valence-electron chi connectivity index (χ0n) is 7.70. The highest BCUT2D eigenvalue weighted by atomic mass is 16.7. The van der Waals surface area contributed by atoms with Gasteiger partial charge in [-0.3, -0.25) is 0 Å². The van der Waals surface area contributed by atoms with Crippen molar-refractivity contribution in [2.45, 2.75) is 31.5 Å². The lowest BCUT2D eigenvalue weighted by atomic mass is 9.85. The number of ether oxygens (including phenoxy) is 2. The van der Waals surface area contributed by atoms with E-state index in [2.05, 4.69) is 5.18 Å². The molecule has 13 heavy (non-hydrogen) atoms. The smallest absolute Gasteiger partial charge is 0.168 e. The van der Waals surface area contributed by atoms with Gasteiger partial charge >= 0.3 is 0 Å². The van der Waals surface area contributed by atoms with Crippen LogP contribution in [-0.4, -0.2) is 25.5 Å². The van der Waals surface area contributed by atoms with E-state index in [1.165, 1.54) is 0 Å². The molecule has 1 spiro atoms. The summed E-state index contributed by atoms with van der Waals surface area (Å²) in [4.78, 5) is 10.1. The maximum atomic E-state index is 10.1. The van der Waals surface area contributed by atoms with Crippen molar-refractivity contribution in [3.05, 3.63) is 4.91 Å². The van der Waals surface area contributed by atoms with Crippen LogP contribution in [0, 0.1) is 10.8 Å². The third-order valence-electron chi connectivity index (χ3n) is 3.01. The van der Waals surface area contributed by atoms with Crippen LogP contribution < -0.4 is 0 Å². The lowest BCUT2D eigenvalue weighted by molar-refractivity contribution is -0.181. The number of rotatable bonds is 2. The molecule has 0 atom stereocenters. The van der Waals surface area contributed by atoms with E-state index >= 15 is 0 Å². The summed E-state index contributed by atoms with van der Waals surface area (Å²) in [6.07, 6.45) is 3.86. The second kappa shape index (κ2) is 3.72. The van der Waals surface area contributed by atoms with Crippen LogP contribution in [0.3, 0.4) is 0 Å². The molecule has 2 fully saturated rings. The van der Waals surface area contributed by atoms with Crippen molar-refractivity contribution in [1.82, 2.24) is 0 Å². The minimum absolute atomic E-state index is 0.292. The summed E-state index contributed by atoms with van der Waals surface area (Å²) in [5.41, 5.74) is 0. The summed E-state index contributed by atoms with van der Waals surface area (Å²) in [5.74, 6) is 0.162. The number of nitroso groups, excluding NO2 is 1. The molecule has 0 radical (unpaired) electrons. The standard InChI is InChI=1S/C9H15NO3/c11-10-7-8-1-3-9(4-2-8)12-5-6-13-9/h8H,1-7H2. The van der Waals surface area contributed by atoms with E-state index in [1.54, 1.807) is 0 Å². The highest BCUT2D eigenvalue weighted by molar-refractivity contribution is 4.82. The van der Waals surface area contributed by atoms with Gasteiger partial charge in [0.25, 0.3) is 0 Å². The van der Waals surface area contributed by atoms with Gasteiger partial charge in [0.2, 0.25) is 0 Å². The summed E-state index contributed by atoms with van der Waals surface area (Å²) in [6.45, 7) is 1.89. The second-order valence-electron chi connectivity index (χ2n) is 3.86. The Bertz CT molecular complexity index is 179. The van der Waals surface area contributed by atoms with Gasteiger partial charge in [0.15, 0.2) is 5.79 Å². The lowest BCUT2D eigenvalue weighted by Crippen LogP contribution is -2.35. The summed E-state index contributed by atoms with van der Waals surface area (Å²) in [7, 11) is 0. The molecule has 0 amide bonds. The third kappa shape index (κ3) is 1.89. The normalized spacial score (nSPS) is 28.0. The quantitative estimate of drug-likeness (QED) is 0.615. The molecule has 0 aromatic carbocycles. The van der Waals surface area contributed by atoms with Crippen molar-refractivity contribution in [2.75, 3.05) is 19.8 Å². The van der Waals surface area contributed by atoms with Crippen molar-refractivity contribution >= 4 is 0 Å². The molecular formula is C9H15NO3. The highest BCUT2D eigenvalue weighted by Crippen LogP contribution is 2.38. The molecule has 1 aliphatic heterocycles. The molecule has 1 saturated carbocycles. The van der Waals surface area contributed by atoms with Gasteiger partial charge in [-0.15, -0.1) is 0 Å². The largest absolute Gasteiger partial charge is 0.348 e. The van der Waals surface area contributed by atoms with Crippen LogP contribution in [0.25, 0.3) is 0 Å². The predicted octanol–water partition coefficient (Wildman–Crippen LogP) is 1.69. The van der Waals surface area contributed by atoms with Gasteiger partial charge in [0, 0.05) is 12.8 Å². The second-order valence-corrected chi connectivity index (χ2v) is 3.86. The number of hydrogen-bond acceptors (Lipinski definition) is 4. The maximum absolute atomic E-state index is 10.1. The van der Waals surface area contributed by atoms with Crippen LogP contribution in [0.15, 0.2) is 5.18 Å². The Hall–Kier alpha value is -0.480. The van der Waals surface area contributed by atoms with Gasteiger partial charge in [-0.25, -0.2) is 0 Å².